The van der Waals surface area contributed by atoms with E-state index in [1.807, 2.05) is 0 Å². The summed E-state index contributed by atoms with van der Waals surface area (Å²) in [6.07, 6.45) is -6.39. The van der Waals surface area contributed by atoms with E-state index in [9.17, 15) is 9.59 Å². The zero-order valence-electron chi connectivity index (χ0n) is 12.2. The van der Waals surface area contributed by atoms with Crippen molar-refractivity contribution in [2.75, 3.05) is 13.2 Å². The molecule has 0 saturated carbocycles. The molecule has 0 saturated heterocycles. The van der Waals surface area contributed by atoms with Crippen molar-refractivity contribution in [1.82, 2.24) is 0 Å². The standard InChI is InChI=1S/C6H14O6.2C3H6O/c7-1-3(9)5(11)6(12)4(10)2-8;2*1-3(2)4/h3-12H,1-2H2;2*1-2H3. The summed E-state index contributed by atoms with van der Waals surface area (Å²) < 4.78 is 0. The fraction of sp³-hybridized carbons (Fsp3) is 0.833. The summed E-state index contributed by atoms with van der Waals surface area (Å²) in [6.45, 7) is 4.66. The van der Waals surface area contributed by atoms with E-state index in [1.165, 1.54) is 27.7 Å². The lowest BCUT2D eigenvalue weighted by Gasteiger charge is -2.24. The minimum atomic E-state index is -1.67. The smallest absolute Gasteiger partial charge is 0.126 e. The van der Waals surface area contributed by atoms with Gasteiger partial charge in [-0.1, -0.05) is 0 Å². The molecule has 0 radical (unpaired) electrons. The summed E-state index contributed by atoms with van der Waals surface area (Å²) >= 11 is 0. The number of hydrogen-bond acceptors (Lipinski definition) is 8. The lowest BCUT2D eigenvalue weighted by molar-refractivity contribution is -0.123. The molecule has 20 heavy (non-hydrogen) atoms. The molecule has 6 N–H and O–H groups in total. The lowest BCUT2D eigenvalue weighted by atomic mass is 10.0. The van der Waals surface area contributed by atoms with Crippen LogP contribution in [0, 0.1) is 0 Å². The van der Waals surface area contributed by atoms with Crippen molar-refractivity contribution in [3.63, 3.8) is 0 Å². The molecule has 0 bridgehead atoms. The molecule has 8 nitrogen and oxygen atoms in total. The van der Waals surface area contributed by atoms with Gasteiger partial charge in [0, 0.05) is 0 Å². The number of aliphatic hydroxyl groups excluding tert-OH is 6. The Kier molecular flexibility index (Phi) is 17.5. The fourth-order valence-electron chi connectivity index (χ4n) is 0.671. The number of carbonyl (C=O) groups is 2. The van der Waals surface area contributed by atoms with Crippen molar-refractivity contribution in [2.45, 2.75) is 52.1 Å². The minimum Gasteiger partial charge on any atom is -0.394 e. The highest BCUT2D eigenvalue weighted by atomic mass is 16.4. The van der Waals surface area contributed by atoms with E-state index in [0.29, 0.717) is 0 Å². The second kappa shape index (κ2) is 14.5. The first-order valence-electron chi connectivity index (χ1n) is 5.89. The van der Waals surface area contributed by atoms with Gasteiger partial charge < -0.3 is 40.2 Å². The molecule has 4 unspecified atom stereocenters. The fourth-order valence-corrected chi connectivity index (χ4v) is 0.671. The Hall–Kier alpha value is -0.900. The van der Waals surface area contributed by atoms with Crippen LogP contribution in [0.5, 0.6) is 0 Å². The predicted octanol–water partition coefficient (Wildman–Crippen LogP) is -2.39. The van der Waals surface area contributed by atoms with E-state index >= 15 is 0 Å². The first-order valence-corrected chi connectivity index (χ1v) is 5.89. The largest absolute Gasteiger partial charge is 0.394 e. The SMILES string of the molecule is CC(C)=O.CC(C)=O.OCC(O)C(O)C(O)C(O)CO. The van der Waals surface area contributed by atoms with Crippen LogP contribution in [0.2, 0.25) is 0 Å². The van der Waals surface area contributed by atoms with Crippen LogP contribution in [-0.4, -0.2) is 79.8 Å². The van der Waals surface area contributed by atoms with Gasteiger partial charge in [0.1, 0.15) is 36.0 Å². The molecule has 0 amide bonds. The van der Waals surface area contributed by atoms with Gasteiger partial charge in [0.05, 0.1) is 13.2 Å². The topological polar surface area (TPSA) is 156 Å². The predicted molar refractivity (Wildman–Crippen MR) is 70.9 cm³/mol. The zero-order valence-corrected chi connectivity index (χ0v) is 12.2. The van der Waals surface area contributed by atoms with Crippen LogP contribution in [-0.2, 0) is 9.59 Å². The van der Waals surface area contributed by atoms with Crippen LogP contribution in [0.25, 0.3) is 0 Å². The van der Waals surface area contributed by atoms with Gasteiger partial charge in [-0.15, -0.1) is 0 Å². The minimum absolute atomic E-state index is 0.167. The number of aliphatic hydroxyl groups is 6. The van der Waals surface area contributed by atoms with Gasteiger partial charge in [0.25, 0.3) is 0 Å². The molecule has 0 aromatic rings. The average molecular weight is 298 g/mol. The van der Waals surface area contributed by atoms with E-state index in [2.05, 4.69) is 0 Å². The van der Waals surface area contributed by atoms with Gasteiger partial charge in [-0.3, -0.25) is 0 Å². The third-order valence-corrected chi connectivity index (χ3v) is 1.51. The molecule has 0 aromatic carbocycles. The Morgan fingerprint density at radius 2 is 0.850 bits per heavy atom. The maximum absolute atomic E-state index is 9.44. The first-order chi connectivity index (χ1) is 9.00. The van der Waals surface area contributed by atoms with Crippen molar-refractivity contribution >= 4 is 11.6 Å². The van der Waals surface area contributed by atoms with Crippen LogP contribution in [0.3, 0.4) is 0 Å². The Morgan fingerprint density at radius 3 is 0.950 bits per heavy atom. The number of hydrogen-bond donors (Lipinski definition) is 6. The molecule has 0 aromatic heterocycles. The number of carbonyl (C=O) groups excluding carboxylic acids is 2. The van der Waals surface area contributed by atoms with Crippen LogP contribution in [0.4, 0.5) is 0 Å². The lowest BCUT2D eigenvalue weighted by Crippen LogP contribution is -2.46. The molecule has 0 aliphatic carbocycles. The highest BCUT2D eigenvalue weighted by Crippen LogP contribution is 2.03. The van der Waals surface area contributed by atoms with E-state index in [4.69, 9.17) is 30.6 Å². The summed E-state index contributed by atoms with van der Waals surface area (Å²) in [5.74, 6) is 0.333. The van der Waals surface area contributed by atoms with E-state index < -0.39 is 37.6 Å². The van der Waals surface area contributed by atoms with Gasteiger partial charge in [-0.05, 0) is 27.7 Å². The summed E-state index contributed by atoms with van der Waals surface area (Å²) in [4.78, 5) is 18.9. The van der Waals surface area contributed by atoms with Gasteiger partial charge in [0.2, 0.25) is 0 Å². The van der Waals surface area contributed by atoms with Gasteiger partial charge in [-0.2, -0.15) is 0 Å². The maximum atomic E-state index is 9.44. The third-order valence-electron chi connectivity index (χ3n) is 1.51. The van der Waals surface area contributed by atoms with Crippen LogP contribution in [0.15, 0.2) is 0 Å². The molecular weight excluding hydrogens is 272 g/mol. The Bertz CT molecular complexity index is 222. The van der Waals surface area contributed by atoms with E-state index in [1.54, 1.807) is 0 Å². The zero-order chi connectivity index (χ0) is 16.9. The van der Waals surface area contributed by atoms with Crippen molar-refractivity contribution in [1.29, 1.82) is 0 Å². The molecule has 0 rings (SSSR count). The Balaban J connectivity index is -0.000000297. The van der Waals surface area contributed by atoms with Crippen LogP contribution in [0.1, 0.15) is 27.7 Å². The maximum Gasteiger partial charge on any atom is 0.126 e. The van der Waals surface area contributed by atoms with Gasteiger partial charge in [-0.25, -0.2) is 0 Å². The second-order valence-electron chi connectivity index (χ2n) is 4.30. The van der Waals surface area contributed by atoms with Gasteiger partial charge in [0.15, 0.2) is 0 Å². The highest BCUT2D eigenvalue weighted by Gasteiger charge is 2.29. The van der Waals surface area contributed by atoms with Crippen molar-refractivity contribution in [2.24, 2.45) is 0 Å². The molecule has 122 valence electrons. The summed E-state index contributed by atoms with van der Waals surface area (Å²) in [6, 6.07) is 0. The third kappa shape index (κ3) is 19.4. The molecule has 0 heterocycles. The van der Waals surface area contributed by atoms with Gasteiger partial charge >= 0.3 is 0 Å². The van der Waals surface area contributed by atoms with E-state index in [0.717, 1.165) is 0 Å². The molecule has 0 aliphatic rings. The van der Waals surface area contributed by atoms with Crippen molar-refractivity contribution in [3.8, 4) is 0 Å². The average Bonchev–Trinajstić information content (AvgIpc) is 2.33. The van der Waals surface area contributed by atoms with Crippen LogP contribution >= 0.6 is 0 Å². The van der Waals surface area contributed by atoms with Crippen molar-refractivity contribution in [3.05, 3.63) is 0 Å². The molecule has 8 heteroatoms. The first kappa shape index (κ1) is 24.1. The molecule has 4 atom stereocenters. The Labute approximate surface area is 118 Å². The molecule has 0 aliphatic heterocycles. The van der Waals surface area contributed by atoms with E-state index in [-0.39, 0.29) is 11.6 Å². The Morgan fingerprint density at radius 1 is 0.700 bits per heavy atom. The van der Waals surface area contributed by atoms with Crippen LogP contribution < -0.4 is 0 Å². The normalized spacial score (nSPS) is 15.5. The summed E-state index contributed by atoms with van der Waals surface area (Å²) in [5.41, 5.74) is 0. The number of rotatable bonds is 5. The number of ketones is 2. The molecule has 0 spiro atoms. The molecular formula is C12H26O8. The monoisotopic (exact) mass is 298 g/mol. The van der Waals surface area contributed by atoms with Crippen molar-refractivity contribution < 1.29 is 40.2 Å². The second-order valence-corrected chi connectivity index (χ2v) is 4.30. The number of Topliss-reactive ketones (excluding diaryl/α,β-unsaturated/α-hetero) is 2. The highest BCUT2D eigenvalue weighted by molar-refractivity contribution is 5.72. The summed E-state index contributed by atoms with van der Waals surface area (Å²) in [5, 5.41) is 52.2. The molecule has 0 fully saturated rings. The summed E-state index contributed by atoms with van der Waals surface area (Å²) in [7, 11) is 0. The quantitative estimate of drug-likeness (QED) is 0.328.